The van der Waals surface area contributed by atoms with Gasteiger partial charge in [-0.05, 0) is 38.5 Å². The molecule has 0 bridgehead atoms. The van der Waals surface area contributed by atoms with Gasteiger partial charge in [0.15, 0.2) is 0 Å². The van der Waals surface area contributed by atoms with Crippen molar-refractivity contribution in [2.75, 3.05) is 20.3 Å². The van der Waals surface area contributed by atoms with Crippen LogP contribution in [-0.4, -0.2) is 36.9 Å². The van der Waals surface area contributed by atoms with Gasteiger partial charge in [-0.25, -0.2) is 0 Å². The first-order chi connectivity index (χ1) is 9.39. The van der Waals surface area contributed by atoms with E-state index >= 15 is 0 Å². The largest absolute Gasteiger partial charge is 0.384 e. The minimum absolute atomic E-state index is 0.168. The maximum atomic E-state index is 12.2. The van der Waals surface area contributed by atoms with E-state index in [2.05, 4.69) is 17.2 Å². The van der Waals surface area contributed by atoms with E-state index in [0.29, 0.717) is 12.2 Å². The SMILES string of the molecule is COCC(C)(C)NC(=O)c1ccc(C)c(C#CCO)c1. The van der Waals surface area contributed by atoms with Crippen molar-refractivity contribution in [2.45, 2.75) is 26.3 Å². The topological polar surface area (TPSA) is 58.6 Å². The van der Waals surface area contributed by atoms with Crippen LogP contribution in [0.5, 0.6) is 0 Å². The molecule has 0 aliphatic heterocycles. The average molecular weight is 275 g/mol. The molecule has 0 saturated carbocycles. The Morgan fingerprint density at radius 1 is 1.45 bits per heavy atom. The highest BCUT2D eigenvalue weighted by Crippen LogP contribution is 2.12. The molecule has 1 aromatic carbocycles. The van der Waals surface area contributed by atoms with Crippen LogP contribution in [0.3, 0.4) is 0 Å². The zero-order chi connectivity index (χ0) is 15.2. The first kappa shape index (κ1) is 16.2. The molecule has 1 aromatic rings. The van der Waals surface area contributed by atoms with Crippen LogP contribution in [0.15, 0.2) is 18.2 Å². The zero-order valence-electron chi connectivity index (χ0n) is 12.4. The summed E-state index contributed by atoms with van der Waals surface area (Å²) in [5, 5.41) is 11.7. The van der Waals surface area contributed by atoms with Crippen molar-refractivity contribution in [1.29, 1.82) is 0 Å². The Balaban J connectivity index is 2.94. The van der Waals surface area contributed by atoms with Crippen LogP contribution in [0.2, 0.25) is 0 Å². The van der Waals surface area contributed by atoms with E-state index in [1.807, 2.05) is 26.8 Å². The molecule has 0 aliphatic carbocycles. The predicted molar refractivity (Wildman–Crippen MR) is 78.6 cm³/mol. The Kier molecular flexibility index (Phi) is 5.75. The monoisotopic (exact) mass is 275 g/mol. The van der Waals surface area contributed by atoms with Gasteiger partial charge in [0.1, 0.15) is 6.61 Å². The third-order valence-electron chi connectivity index (χ3n) is 2.76. The molecule has 0 unspecified atom stereocenters. The summed E-state index contributed by atoms with van der Waals surface area (Å²) in [6.07, 6.45) is 0. The van der Waals surface area contributed by atoms with Gasteiger partial charge in [-0.3, -0.25) is 4.79 Å². The summed E-state index contributed by atoms with van der Waals surface area (Å²) in [6, 6.07) is 5.34. The van der Waals surface area contributed by atoms with E-state index in [-0.39, 0.29) is 12.5 Å². The molecule has 20 heavy (non-hydrogen) atoms. The molecule has 0 saturated heterocycles. The van der Waals surface area contributed by atoms with Gasteiger partial charge in [0.05, 0.1) is 12.1 Å². The fourth-order valence-corrected chi connectivity index (χ4v) is 1.81. The van der Waals surface area contributed by atoms with Crippen molar-refractivity contribution in [2.24, 2.45) is 0 Å². The lowest BCUT2D eigenvalue weighted by atomic mass is 10.0. The van der Waals surface area contributed by atoms with Crippen LogP contribution in [0, 0.1) is 18.8 Å². The fraction of sp³-hybridized carbons (Fsp3) is 0.438. The molecule has 1 amide bonds. The summed E-state index contributed by atoms with van der Waals surface area (Å²) < 4.78 is 5.07. The van der Waals surface area contributed by atoms with E-state index in [1.165, 1.54) is 0 Å². The molecule has 0 atom stereocenters. The minimum atomic E-state index is -0.437. The molecule has 108 valence electrons. The van der Waals surface area contributed by atoms with Crippen LogP contribution < -0.4 is 5.32 Å². The second-order valence-corrected chi connectivity index (χ2v) is 5.26. The Bertz CT molecular complexity index is 538. The second-order valence-electron chi connectivity index (χ2n) is 5.26. The van der Waals surface area contributed by atoms with Crippen molar-refractivity contribution in [3.8, 4) is 11.8 Å². The highest BCUT2D eigenvalue weighted by Gasteiger charge is 2.21. The standard InChI is InChI=1S/C16H21NO3/c1-12-7-8-14(10-13(12)6-5-9-18)15(19)17-16(2,3)11-20-4/h7-8,10,18H,9,11H2,1-4H3,(H,17,19). The summed E-state index contributed by atoms with van der Waals surface area (Å²) in [7, 11) is 1.60. The van der Waals surface area contributed by atoms with Gasteiger partial charge in [-0.2, -0.15) is 0 Å². The fourth-order valence-electron chi connectivity index (χ4n) is 1.81. The number of aliphatic hydroxyl groups is 1. The molecule has 2 N–H and O–H groups in total. The number of nitrogens with one attached hydrogen (secondary N) is 1. The molecule has 0 radical (unpaired) electrons. The van der Waals surface area contributed by atoms with Crippen molar-refractivity contribution >= 4 is 5.91 Å². The van der Waals surface area contributed by atoms with Crippen molar-refractivity contribution in [3.63, 3.8) is 0 Å². The summed E-state index contributed by atoms with van der Waals surface area (Å²) >= 11 is 0. The van der Waals surface area contributed by atoms with Gasteiger partial charge in [0, 0.05) is 18.2 Å². The van der Waals surface area contributed by atoms with Crippen LogP contribution in [0.4, 0.5) is 0 Å². The maximum Gasteiger partial charge on any atom is 0.251 e. The van der Waals surface area contributed by atoms with Gasteiger partial charge < -0.3 is 15.2 Å². The molecule has 0 fully saturated rings. The van der Waals surface area contributed by atoms with E-state index in [0.717, 1.165) is 11.1 Å². The molecule has 4 nitrogen and oxygen atoms in total. The Hall–Kier alpha value is -1.83. The number of hydrogen-bond acceptors (Lipinski definition) is 3. The van der Waals surface area contributed by atoms with E-state index < -0.39 is 5.54 Å². The van der Waals surface area contributed by atoms with Crippen LogP contribution >= 0.6 is 0 Å². The normalized spacial score (nSPS) is 10.7. The third kappa shape index (κ3) is 4.69. The van der Waals surface area contributed by atoms with Crippen LogP contribution in [0.1, 0.15) is 35.3 Å². The molecule has 1 rings (SSSR count). The zero-order valence-corrected chi connectivity index (χ0v) is 12.4. The summed E-state index contributed by atoms with van der Waals surface area (Å²) in [5.74, 6) is 5.27. The number of rotatable bonds is 4. The quantitative estimate of drug-likeness (QED) is 0.819. The highest BCUT2D eigenvalue weighted by atomic mass is 16.5. The molecule has 0 spiro atoms. The van der Waals surface area contributed by atoms with Gasteiger partial charge >= 0.3 is 0 Å². The number of benzene rings is 1. The number of carbonyl (C=O) groups excluding carboxylic acids is 1. The van der Waals surface area contributed by atoms with E-state index in [9.17, 15) is 4.79 Å². The number of carbonyl (C=O) groups is 1. The maximum absolute atomic E-state index is 12.2. The van der Waals surface area contributed by atoms with Crippen LogP contribution in [0.25, 0.3) is 0 Å². The first-order valence-corrected chi connectivity index (χ1v) is 6.41. The smallest absolute Gasteiger partial charge is 0.251 e. The number of aryl methyl sites for hydroxylation is 1. The third-order valence-corrected chi connectivity index (χ3v) is 2.76. The summed E-state index contributed by atoms with van der Waals surface area (Å²) in [5.41, 5.74) is 1.82. The Labute approximate surface area is 120 Å². The number of ether oxygens (including phenoxy) is 1. The Morgan fingerprint density at radius 3 is 2.75 bits per heavy atom. The second kappa shape index (κ2) is 7.09. The van der Waals surface area contributed by atoms with Gasteiger partial charge in [0.25, 0.3) is 5.91 Å². The van der Waals surface area contributed by atoms with Crippen molar-refractivity contribution in [1.82, 2.24) is 5.32 Å². The van der Waals surface area contributed by atoms with Gasteiger partial charge in [-0.1, -0.05) is 17.9 Å². The summed E-state index contributed by atoms with van der Waals surface area (Å²) in [6.45, 7) is 5.95. The van der Waals surface area contributed by atoms with Gasteiger partial charge in [0.2, 0.25) is 0 Å². The highest BCUT2D eigenvalue weighted by molar-refractivity contribution is 5.95. The number of aliphatic hydroxyl groups excluding tert-OH is 1. The lowest BCUT2D eigenvalue weighted by Gasteiger charge is -2.25. The molecule has 4 heteroatoms. The predicted octanol–water partition coefficient (Wildman–Crippen LogP) is 1.49. The van der Waals surface area contributed by atoms with Crippen molar-refractivity contribution in [3.05, 3.63) is 34.9 Å². The van der Waals surface area contributed by atoms with E-state index in [1.54, 1.807) is 19.2 Å². The van der Waals surface area contributed by atoms with Crippen molar-refractivity contribution < 1.29 is 14.6 Å². The first-order valence-electron chi connectivity index (χ1n) is 6.41. The molecule has 0 aromatic heterocycles. The van der Waals surface area contributed by atoms with Crippen LogP contribution in [-0.2, 0) is 4.74 Å². The number of hydrogen-bond donors (Lipinski definition) is 2. The molecular weight excluding hydrogens is 254 g/mol. The summed E-state index contributed by atoms with van der Waals surface area (Å²) in [4.78, 5) is 12.2. The molecular formula is C16H21NO3. The minimum Gasteiger partial charge on any atom is -0.384 e. The average Bonchev–Trinajstić information content (AvgIpc) is 2.37. The van der Waals surface area contributed by atoms with E-state index in [4.69, 9.17) is 9.84 Å². The lowest BCUT2D eigenvalue weighted by molar-refractivity contribution is 0.0820. The molecule has 0 heterocycles. The van der Waals surface area contributed by atoms with Gasteiger partial charge in [-0.15, -0.1) is 0 Å². The Morgan fingerprint density at radius 2 is 2.15 bits per heavy atom. The number of methoxy groups -OCH3 is 1. The number of amides is 1. The lowest BCUT2D eigenvalue weighted by Crippen LogP contribution is -2.46. The molecule has 0 aliphatic rings.